The van der Waals surface area contributed by atoms with Gasteiger partial charge in [-0.25, -0.2) is 0 Å². The molecule has 3 heteroatoms. The number of aryl methyl sites for hydroxylation is 1. The van der Waals surface area contributed by atoms with Gasteiger partial charge in [0, 0.05) is 6.20 Å². The first-order chi connectivity index (χ1) is 5.74. The number of aromatic nitrogens is 1. The summed E-state index contributed by atoms with van der Waals surface area (Å²) < 4.78 is 0. The lowest BCUT2D eigenvalue weighted by Gasteiger charge is -1.98. The Hall–Kier alpha value is -1.22. The summed E-state index contributed by atoms with van der Waals surface area (Å²) >= 11 is 0. The molecule has 12 heavy (non-hydrogen) atoms. The number of Topliss-reactive ketones (excluding diaryl/α,β-unsaturated/α-hetero) is 1. The van der Waals surface area contributed by atoms with E-state index in [1.54, 1.807) is 19.3 Å². The fraction of sp³-hybridized carbons (Fsp3) is 0.333. The summed E-state index contributed by atoms with van der Waals surface area (Å²) in [7, 11) is 1.74. The second-order valence-corrected chi connectivity index (χ2v) is 2.67. The molecule has 0 bridgehead atoms. The van der Waals surface area contributed by atoms with Crippen LogP contribution in [0.2, 0.25) is 0 Å². The average molecular weight is 164 g/mol. The van der Waals surface area contributed by atoms with Gasteiger partial charge in [0.1, 0.15) is 5.69 Å². The van der Waals surface area contributed by atoms with Gasteiger partial charge < -0.3 is 5.32 Å². The maximum Gasteiger partial charge on any atom is 0.194 e. The normalized spacial score (nSPS) is 9.83. The smallest absolute Gasteiger partial charge is 0.194 e. The highest BCUT2D eigenvalue weighted by Gasteiger charge is 2.03. The summed E-state index contributed by atoms with van der Waals surface area (Å²) in [6.45, 7) is 2.29. The maximum atomic E-state index is 11.2. The van der Waals surface area contributed by atoms with Gasteiger partial charge in [0.25, 0.3) is 0 Å². The summed E-state index contributed by atoms with van der Waals surface area (Å²) in [5, 5.41) is 2.79. The quantitative estimate of drug-likeness (QED) is 0.672. The largest absolute Gasteiger partial charge is 0.313 e. The Morgan fingerprint density at radius 2 is 2.33 bits per heavy atom. The van der Waals surface area contributed by atoms with Gasteiger partial charge in [-0.1, -0.05) is 6.07 Å². The summed E-state index contributed by atoms with van der Waals surface area (Å²) in [6.07, 6.45) is 1.70. The maximum absolute atomic E-state index is 11.2. The highest BCUT2D eigenvalue weighted by atomic mass is 16.1. The van der Waals surface area contributed by atoms with E-state index >= 15 is 0 Å². The van der Waals surface area contributed by atoms with Crippen LogP contribution in [0.1, 0.15) is 16.1 Å². The first-order valence-electron chi connectivity index (χ1n) is 3.84. The first kappa shape index (κ1) is 8.87. The molecule has 0 aromatic carbocycles. The predicted molar refractivity (Wildman–Crippen MR) is 47.2 cm³/mol. The zero-order valence-corrected chi connectivity index (χ0v) is 7.29. The number of carbonyl (C=O) groups is 1. The number of rotatable bonds is 3. The average Bonchev–Trinajstić information content (AvgIpc) is 2.06. The molecule has 0 aliphatic carbocycles. The van der Waals surface area contributed by atoms with E-state index < -0.39 is 0 Å². The van der Waals surface area contributed by atoms with Crippen molar-refractivity contribution >= 4 is 5.78 Å². The topological polar surface area (TPSA) is 42.0 Å². The molecule has 64 valence electrons. The van der Waals surface area contributed by atoms with Gasteiger partial charge >= 0.3 is 0 Å². The lowest BCUT2D eigenvalue weighted by molar-refractivity contribution is 0.0989. The van der Waals surface area contributed by atoms with E-state index in [0.717, 1.165) is 5.56 Å². The highest BCUT2D eigenvalue weighted by Crippen LogP contribution is 1.98. The number of hydrogen-bond acceptors (Lipinski definition) is 3. The Labute approximate surface area is 71.8 Å². The number of ketones is 1. The summed E-state index contributed by atoms with van der Waals surface area (Å²) in [6, 6.07) is 3.63. The molecule has 3 nitrogen and oxygen atoms in total. The third-order valence-electron chi connectivity index (χ3n) is 1.53. The molecule has 0 atom stereocenters. The van der Waals surface area contributed by atoms with E-state index in [2.05, 4.69) is 10.3 Å². The molecular weight excluding hydrogens is 152 g/mol. The molecule has 1 N–H and O–H groups in total. The van der Waals surface area contributed by atoms with Crippen LogP contribution in [-0.4, -0.2) is 24.4 Å². The molecule has 0 aliphatic rings. The van der Waals surface area contributed by atoms with Gasteiger partial charge in [-0.2, -0.15) is 0 Å². The molecule has 1 heterocycles. The van der Waals surface area contributed by atoms with Crippen LogP contribution in [-0.2, 0) is 0 Å². The third-order valence-corrected chi connectivity index (χ3v) is 1.53. The van der Waals surface area contributed by atoms with Gasteiger partial charge in [-0.3, -0.25) is 9.78 Å². The van der Waals surface area contributed by atoms with Gasteiger partial charge in [0.05, 0.1) is 6.54 Å². The number of carbonyl (C=O) groups excluding carboxylic acids is 1. The lowest BCUT2D eigenvalue weighted by Crippen LogP contribution is -2.19. The Kier molecular flexibility index (Phi) is 2.94. The van der Waals surface area contributed by atoms with E-state index in [1.807, 2.05) is 13.0 Å². The molecule has 0 unspecified atom stereocenters. The van der Waals surface area contributed by atoms with Crippen LogP contribution >= 0.6 is 0 Å². The number of likely N-dealkylation sites (N-methyl/N-ethyl adjacent to an activating group) is 1. The minimum absolute atomic E-state index is 0.0255. The molecule has 0 saturated heterocycles. The van der Waals surface area contributed by atoms with Crippen molar-refractivity contribution < 1.29 is 4.79 Å². The minimum atomic E-state index is 0.0255. The molecule has 1 aromatic heterocycles. The second-order valence-electron chi connectivity index (χ2n) is 2.67. The minimum Gasteiger partial charge on any atom is -0.313 e. The summed E-state index contributed by atoms with van der Waals surface area (Å²) in [5.41, 5.74) is 1.59. The van der Waals surface area contributed by atoms with Crippen molar-refractivity contribution in [3.63, 3.8) is 0 Å². The Balaban J connectivity index is 2.75. The third kappa shape index (κ3) is 2.13. The van der Waals surface area contributed by atoms with E-state index in [9.17, 15) is 4.79 Å². The van der Waals surface area contributed by atoms with E-state index in [4.69, 9.17) is 0 Å². The van der Waals surface area contributed by atoms with Crippen LogP contribution < -0.4 is 5.32 Å². The van der Waals surface area contributed by atoms with E-state index in [0.29, 0.717) is 12.2 Å². The Bertz CT molecular complexity index is 266. The Morgan fingerprint density at radius 3 is 2.83 bits per heavy atom. The van der Waals surface area contributed by atoms with Gasteiger partial charge in [-0.15, -0.1) is 0 Å². The number of pyridine rings is 1. The van der Waals surface area contributed by atoms with Crippen molar-refractivity contribution in [2.75, 3.05) is 13.6 Å². The number of hydrogen-bond donors (Lipinski definition) is 1. The molecule has 0 aliphatic heterocycles. The monoisotopic (exact) mass is 164 g/mol. The first-order valence-corrected chi connectivity index (χ1v) is 3.84. The van der Waals surface area contributed by atoms with E-state index in [-0.39, 0.29) is 5.78 Å². The Morgan fingerprint density at radius 1 is 1.58 bits per heavy atom. The summed E-state index contributed by atoms with van der Waals surface area (Å²) in [5.74, 6) is 0.0255. The SMILES string of the molecule is CNCC(=O)c1ccc(C)cn1. The molecule has 0 amide bonds. The van der Waals surface area contributed by atoms with Crippen LogP contribution in [0.3, 0.4) is 0 Å². The van der Waals surface area contributed by atoms with Crippen molar-refractivity contribution in [1.82, 2.24) is 10.3 Å². The molecular formula is C9H12N2O. The molecule has 0 saturated carbocycles. The number of nitrogens with zero attached hydrogens (tertiary/aromatic N) is 1. The zero-order chi connectivity index (χ0) is 8.97. The summed E-state index contributed by atoms with van der Waals surface area (Å²) in [4.78, 5) is 15.2. The van der Waals surface area contributed by atoms with Crippen molar-refractivity contribution in [3.8, 4) is 0 Å². The molecule has 0 fully saturated rings. The van der Waals surface area contributed by atoms with Crippen LogP contribution in [0.4, 0.5) is 0 Å². The molecule has 1 rings (SSSR count). The van der Waals surface area contributed by atoms with Crippen LogP contribution in [0.15, 0.2) is 18.3 Å². The van der Waals surface area contributed by atoms with Crippen molar-refractivity contribution in [3.05, 3.63) is 29.6 Å². The van der Waals surface area contributed by atoms with Crippen molar-refractivity contribution in [2.45, 2.75) is 6.92 Å². The van der Waals surface area contributed by atoms with Crippen LogP contribution in [0.5, 0.6) is 0 Å². The standard InChI is InChI=1S/C9H12N2O/c1-7-3-4-8(11-5-7)9(12)6-10-2/h3-5,10H,6H2,1-2H3. The molecule has 0 spiro atoms. The fourth-order valence-electron chi connectivity index (χ4n) is 0.884. The molecule has 0 radical (unpaired) electrons. The number of nitrogens with one attached hydrogen (secondary N) is 1. The van der Waals surface area contributed by atoms with E-state index in [1.165, 1.54) is 0 Å². The second kappa shape index (κ2) is 3.97. The van der Waals surface area contributed by atoms with Crippen LogP contribution in [0, 0.1) is 6.92 Å². The van der Waals surface area contributed by atoms with Crippen LogP contribution in [0.25, 0.3) is 0 Å². The zero-order valence-electron chi connectivity index (χ0n) is 7.29. The van der Waals surface area contributed by atoms with Gasteiger partial charge in [-0.05, 0) is 25.6 Å². The van der Waals surface area contributed by atoms with Crippen molar-refractivity contribution in [2.24, 2.45) is 0 Å². The predicted octanol–water partition coefficient (Wildman–Crippen LogP) is 0.792. The fourth-order valence-corrected chi connectivity index (χ4v) is 0.884. The van der Waals surface area contributed by atoms with Crippen molar-refractivity contribution in [1.29, 1.82) is 0 Å². The molecule has 1 aromatic rings. The van der Waals surface area contributed by atoms with Gasteiger partial charge in [0.2, 0.25) is 0 Å². The lowest BCUT2D eigenvalue weighted by atomic mass is 10.2. The highest BCUT2D eigenvalue weighted by molar-refractivity contribution is 5.95. The van der Waals surface area contributed by atoms with Gasteiger partial charge in [0.15, 0.2) is 5.78 Å².